The summed E-state index contributed by atoms with van der Waals surface area (Å²) in [6.45, 7) is 1.82. The van der Waals surface area contributed by atoms with E-state index in [1.807, 2.05) is 6.92 Å². The number of methoxy groups -OCH3 is 1. The third kappa shape index (κ3) is 4.09. The molecule has 0 aliphatic rings. The van der Waals surface area contributed by atoms with Crippen LogP contribution in [-0.4, -0.2) is 18.9 Å². The summed E-state index contributed by atoms with van der Waals surface area (Å²) in [5.41, 5.74) is 1.89. The second kappa shape index (κ2) is 7.26. The summed E-state index contributed by atoms with van der Waals surface area (Å²) in [7, 11) is 1.57. The van der Waals surface area contributed by atoms with Crippen LogP contribution < -0.4 is 15.4 Å². The van der Waals surface area contributed by atoms with Gasteiger partial charge >= 0.3 is 6.03 Å². The van der Waals surface area contributed by atoms with Gasteiger partial charge in [-0.2, -0.15) is 0 Å². The fourth-order valence-corrected chi connectivity index (χ4v) is 1.94. The lowest BCUT2D eigenvalue weighted by atomic mass is 10.1. The first kappa shape index (κ1) is 15.6. The Bertz CT molecular complexity index is 666. The van der Waals surface area contributed by atoms with E-state index in [0.29, 0.717) is 29.1 Å². The maximum absolute atomic E-state index is 11.9. The van der Waals surface area contributed by atoms with Gasteiger partial charge in [0.15, 0.2) is 5.78 Å². The van der Waals surface area contributed by atoms with Crippen molar-refractivity contribution in [2.24, 2.45) is 0 Å². The molecule has 0 aliphatic carbocycles. The highest BCUT2D eigenvalue weighted by Crippen LogP contribution is 2.17. The first-order valence-corrected chi connectivity index (χ1v) is 6.97. The fourth-order valence-electron chi connectivity index (χ4n) is 1.94. The number of carbonyl (C=O) groups excluding carboxylic acids is 2. The second-order valence-corrected chi connectivity index (χ2v) is 4.67. The number of nitrogens with one attached hydrogen (secondary N) is 2. The monoisotopic (exact) mass is 298 g/mol. The Balaban J connectivity index is 1.98. The quantitative estimate of drug-likeness (QED) is 0.822. The SMILES string of the molecule is CCC(=O)c1ccc(NC(=O)Nc2cccc(OC)c2)cc1. The summed E-state index contributed by atoms with van der Waals surface area (Å²) in [6.07, 6.45) is 0.461. The van der Waals surface area contributed by atoms with Crippen molar-refractivity contribution in [2.45, 2.75) is 13.3 Å². The molecular weight excluding hydrogens is 280 g/mol. The number of ketones is 1. The van der Waals surface area contributed by atoms with Crippen LogP contribution in [0.1, 0.15) is 23.7 Å². The van der Waals surface area contributed by atoms with Crippen molar-refractivity contribution < 1.29 is 14.3 Å². The van der Waals surface area contributed by atoms with Crippen LogP contribution in [-0.2, 0) is 0 Å². The molecule has 0 aromatic heterocycles. The van der Waals surface area contributed by atoms with Crippen LogP contribution in [0.4, 0.5) is 16.2 Å². The van der Waals surface area contributed by atoms with E-state index in [9.17, 15) is 9.59 Å². The third-order valence-electron chi connectivity index (χ3n) is 3.11. The van der Waals surface area contributed by atoms with E-state index >= 15 is 0 Å². The molecule has 2 aromatic rings. The van der Waals surface area contributed by atoms with Crippen LogP contribution in [0.25, 0.3) is 0 Å². The number of benzene rings is 2. The molecule has 0 fully saturated rings. The number of urea groups is 1. The smallest absolute Gasteiger partial charge is 0.323 e. The lowest BCUT2D eigenvalue weighted by Gasteiger charge is -2.09. The largest absolute Gasteiger partial charge is 0.497 e. The van der Waals surface area contributed by atoms with Crippen molar-refractivity contribution in [1.29, 1.82) is 0 Å². The Kier molecular flexibility index (Phi) is 5.14. The van der Waals surface area contributed by atoms with E-state index < -0.39 is 0 Å². The number of ether oxygens (including phenoxy) is 1. The lowest BCUT2D eigenvalue weighted by Crippen LogP contribution is -2.19. The predicted molar refractivity (Wildman–Crippen MR) is 86.7 cm³/mol. The fraction of sp³-hybridized carbons (Fsp3) is 0.176. The minimum Gasteiger partial charge on any atom is -0.497 e. The van der Waals surface area contributed by atoms with Gasteiger partial charge in [0.25, 0.3) is 0 Å². The first-order valence-electron chi connectivity index (χ1n) is 6.97. The number of Topliss-reactive ketones (excluding diaryl/α,β-unsaturated/α-hetero) is 1. The molecule has 2 amide bonds. The lowest BCUT2D eigenvalue weighted by molar-refractivity contribution is 0.0988. The molecule has 5 heteroatoms. The Morgan fingerprint density at radius 3 is 2.32 bits per heavy atom. The molecule has 2 rings (SSSR count). The molecule has 22 heavy (non-hydrogen) atoms. The van der Waals surface area contributed by atoms with Crippen molar-refractivity contribution in [3.8, 4) is 5.75 Å². The number of anilines is 2. The summed E-state index contributed by atoms with van der Waals surface area (Å²) in [5.74, 6) is 0.743. The predicted octanol–water partition coefficient (Wildman–Crippen LogP) is 3.93. The Morgan fingerprint density at radius 1 is 1.00 bits per heavy atom. The van der Waals surface area contributed by atoms with E-state index in [1.54, 1.807) is 55.6 Å². The van der Waals surface area contributed by atoms with Crippen LogP contribution in [0.3, 0.4) is 0 Å². The summed E-state index contributed by atoms with van der Waals surface area (Å²) in [6, 6.07) is 13.5. The van der Waals surface area contributed by atoms with E-state index in [2.05, 4.69) is 10.6 Å². The van der Waals surface area contributed by atoms with Gasteiger partial charge in [0.05, 0.1) is 7.11 Å². The van der Waals surface area contributed by atoms with Gasteiger partial charge in [-0.15, -0.1) is 0 Å². The Hall–Kier alpha value is -2.82. The molecule has 0 radical (unpaired) electrons. The zero-order valence-electron chi connectivity index (χ0n) is 12.6. The normalized spacial score (nSPS) is 9.91. The molecule has 0 heterocycles. The molecule has 0 aliphatic heterocycles. The van der Waals surface area contributed by atoms with E-state index in [1.165, 1.54) is 0 Å². The molecule has 0 spiro atoms. The van der Waals surface area contributed by atoms with Crippen LogP contribution in [0.5, 0.6) is 5.75 Å². The maximum Gasteiger partial charge on any atom is 0.323 e. The topological polar surface area (TPSA) is 67.4 Å². The van der Waals surface area contributed by atoms with E-state index in [-0.39, 0.29) is 11.8 Å². The van der Waals surface area contributed by atoms with Gasteiger partial charge in [0.1, 0.15) is 5.75 Å². The molecule has 5 nitrogen and oxygen atoms in total. The number of hydrogen-bond donors (Lipinski definition) is 2. The summed E-state index contributed by atoms with van der Waals surface area (Å²) in [4.78, 5) is 23.5. The molecular formula is C17H18N2O3. The van der Waals surface area contributed by atoms with Gasteiger partial charge in [-0.3, -0.25) is 4.79 Å². The van der Waals surface area contributed by atoms with Crippen molar-refractivity contribution in [3.63, 3.8) is 0 Å². The summed E-state index contributed by atoms with van der Waals surface area (Å²) in [5, 5.41) is 5.43. The number of rotatable bonds is 5. The molecule has 0 bridgehead atoms. The number of amides is 2. The van der Waals surface area contributed by atoms with Crippen molar-refractivity contribution >= 4 is 23.2 Å². The maximum atomic E-state index is 11.9. The average Bonchev–Trinajstić information content (AvgIpc) is 2.55. The molecule has 0 saturated carbocycles. The highest BCUT2D eigenvalue weighted by Gasteiger charge is 2.05. The molecule has 114 valence electrons. The Labute approximate surface area is 129 Å². The van der Waals surface area contributed by atoms with Crippen molar-refractivity contribution in [1.82, 2.24) is 0 Å². The van der Waals surface area contributed by atoms with Gasteiger partial charge in [0, 0.05) is 29.4 Å². The zero-order chi connectivity index (χ0) is 15.9. The van der Waals surface area contributed by atoms with E-state index in [0.717, 1.165) is 0 Å². The van der Waals surface area contributed by atoms with Gasteiger partial charge in [-0.25, -0.2) is 4.79 Å². The van der Waals surface area contributed by atoms with Crippen LogP contribution in [0.15, 0.2) is 48.5 Å². The summed E-state index contributed by atoms with van der Waals surface area (Å²) >= 11 is 0. The molecule has 0 atom stereocenters. The van der Waals surface area contributed by atoms with Crippen LogP contribution in [0.2, 0.25) is 0 Å². The van der Waals surface area contributed by atoms with Crippen LogP contribution in [0, 0.1) is 0 Å². The molecule has 0 saturated heterocycles. The summed E-state index contributed by atoms with van der Waals surface area (Å²) < 4.78 is 5.10. The molecule has 0 unspecified atom stereocenters. The van der Waals surface area contributed by atoms with Crippen LogP contribution >= 0.6 is 0 Å². The zero-order valence-corrected chi connectivity index (χ0v) is 12.6. The first-order chi connectivity index (χ1) is 10.6. The average molecular weight is 298 g/mol. The standard InChI is InChI=1S/C17H18N2O3/c1-3-16(20)12-7-9-13(10-8-12)18-17(21)19-14-5-4-6-15(11-14)22-2/h4-11H,3H2,1-2H3,(H2,18,19,21). The van der Waals surface area contributed by atoms with Gasteiger partial charge in [-0.05, 0) is 36.4 Å². The number of carbonyl (C=O) groups is 2. The van der Waals surface area contributed by atoms with E-state index in [4.69, 9.17) is 4.74 Å². The molecule has 2 aromatic carbocycles. The minimum absolute atomic E-state index is 0.0763. The third-order valence-corrected chi connectivity index (χ3v) is 3.11. The van der Waals surface area contributed by atoms with Gasteiger partial charge < -0.3 is 15.4 Å². The molecule has 2 N–H and O–H groups in total. The Morgan fingerprint density at radius 2 is 1.68 bits per heavy atom. The van der Waals surface area contributed by atoms with Gasteiger partial charge in [0.2, 0.25) is 0 Å². The highest BCUT2D eigenvalue weighted by atomic mass is 16.5. The minimum atomic E-state index is -0.358. The highest BCUT2D eigenvalue weighted by molar-refractivity contribution is 6.00. The van der Waals surface area contributed by atoms with Crippen molar-refractivity contribution in [2.75, 3.05) is 17.7 Å². The second-order valence-electron chi connectivity index (χ2n) is 4.67. The van der Waals surface area contributed by atoms with Gasteiger partial charge in [-0.1, -0.05) is 13.0 Å². The number of hydrogen-bond acceptors (Lipinski definition) is 3. The van der Waals surface area contributed by atoms with Crippen molar-refractivity contribution in [3.05, 3.63) is 54.1 Å².